The molecule has 1 spiro atoms. The molecule has 0 bridgehead atoms. The highest BCUT2D eigenvalue weighted by atomic mass is 35.5. The van der Waals surface area contributed by atoms with E-state index >= 15 is 0 Å². The molecule has 0 aromatic heterocycles. The van der Waals surface area contributed by atoms with Gasteiger partial charge in [-0.3, -0.25) is 4.99 Å². The minimum Gasteiger partial charge on any atom is -0.343 e. The molecule has 1 unspecified atom stereocenters. The van der Waals surface area contributed by atoms with Crippen LogP contribution in [0.3, 0.4) is 0 Å². The topological polar surface area (TPSA) is 36.4 Å². The summed E-state index contributed by atoms with van der Waals surface area (Å²) >= 11 is 6.14. The van der Waals surface area contributed by atoms with Crippen molar-refractivity contribution >= 4 is 23.1 Å². The van der Waals surface area contributed by atoms with Crippen molar-refractivity contribution in [3.63, 3.8) is 0 Å². The maximum Gasteiger partial charge on any atom is 0.109 e. The average Bonchev–Trinajstić information content (AvgIpc) is 2.63. The van der Waals surface area contributed by atoms with Crippen LogP contribution in [0.1, 0.15) is 36.8 Å². The van der Waals surface area contributed by atoms with Crippen LogP contribution in [-0.2, 0) is 13.0 Å². The smallest absolute Gasteiger partial charge is 0.109 e. The molecular weight excluding hydrogens is 342 g/mol. The van der Waals surface area contributed by atoms with Crippen LogP contribution >= 0.6 is 11.6 Å². The predicted molar refractivity (Wildman–Crippen MR) is 110 cm³/mol. The molecule has 2 heterocycles. The summed E-state index contributed by atoms with van der Waals surface area (Å²) < 4.78 is 0. The quantitative estimate of drug-likeness (QED) is 0.778. The van der Waals surface area contributed by atoms with Gasteiger partial charge in [-0.25, -0.2) is 0 Å². The maximum absolute atomic E-state index is 6.14. The molecule has 136 valence electrons. The van der Waals surface area contributed by atoms with Gasteiger partial charge in [0, 0.05) is 22.7 Å². The van der Waals surface area contributed by atoms with E-state index in [9.17, 15) is 0 Å². The Hall–Kier alpha value is -1.84. The number of fused-ring (bicyclic) bond motifs is 1. The van der Waals surface area contributed by atoms with E-state index in [1.165, 1.54) is 36.9 Å². The van der Waals surface area contributed by atoms with E-state index in [4.69, 9.17) is 16.6 Å². The van der Waals surface area contributed by atoms with Gasteiger partial charge in [-0.15, -0.1) is 0 Å². The third kappa shape index (κ3) is 3.79. The van der Waals surface area contributed by atoms with Crippen molar-refractivity contribution in [1.82, 2.24) is 5.32 Å². The highest BCUT2D eigenvalue weighted by molar-refractivity contribution is 6.30. The molecule has 0 amide bonds. The predicted octanol–water partition coefficient (Wildman–Crippen LogP) is 5.06. The lowest BCUT2D eigenvalue weighted by atomic mass is 9.72. The summed E-state index contributed by atoms with van der Waals surface area (Å²) in [6, 6.07) is 16.6. The highest BCUT2D eigenvalue weighted by Gasteiger charge is 2.39. The number of aliphatic imine (C=N–C) groups is 1. The SMILES string of the molecule is Clc1cccc(CN=C2Nc3ccccc3CC23CCCCCNC3)c1. The maximum atomic E-state index is 6.14. The van der Waals surface area contributed by atoms with E-state index in [-0.39, 0.29) is 5.41 Å². The Morgan fingerprint density at radius 3 is 2.88 bits per heavy atom. The average molecular weight is 368 g/mol. The summed E-state index contributed by atoms with van der Waals surface area (Å²) in [5, 5.41) is 8.11. The Morgan fingerprint density at radius 2 is 1.96 bits per heavy atom. The van der Waals surface area contributed by atoms with Crippen LogP contribution in [0.25, 0.3) is 0 Å². The zero-order chi connectivity index (χ0) is 17.8. The van der Waals surface area contributed by atoms with E-state index < -0.39 is 0 Å². The van der Waals surface area contributed by atoms with Gasteiger partial charge in [-0.1, -0.05) is 54.8 Å². The molecule has 3 nitrogen and oxygen atoms in total. The van der Waals surface area contributed by atoms with Crippen LogP contribution in [0.2, 0.25) is 5.02 Å². The summed E-state index contributed by atoms with van der Waals surface area (Å²) in [7, 11) is 0. The molecule has 0 aliphatic carbocycles. The Balaban J connectivity index is 1.67. The number of anilines is 1. The number of benzene rings is 2. The third-order valence-electron chi connectivity index (χ3n) is 5.58. The first-order valence-corrected chi connectivity index (χ1v) is 9.98. The van der Waals surface area contributed by atoms with Gasteiger partial charge in [-0.2, -0.15) is 0 Å². The van der Waals surface area contributed by atoms with Gasteiger partial charge < -0.3 is 10.6 Å². The molecule has 2 aromatic carbocycles. The lowest BCUT2D eigenvalue weighted by molar-refractivity contribution is 0.317. The first-order chi connectivity index (χ1) is 12.8. The fourth-order valence-corrected chi connectivity index (χ4v) is 4.39. The van der Waals surface area contributed by atoms with E-state index in [1.807, 2.05) is 18.2 Å². The monoisotopic (exact) mass is 367 g/mol. The van der Waals surface area contributed by atoms with Crippen LogP contribution in [0.4, 0.5) is 5.69 Å². The van der Waals surface area contributed by atoms with Crippen molar-refractivity contribution in [1.29, 1.82) is 0 Å². The molecular formula is C22H26ClN3. The molecule has 4 heteroatoms. The molecule has 4 rings (SSSR count). The van der Waals surface area contributed by atoms with Crippen molar-refractivity contribution in [2.45, 2.75) is 38.6 Å². The summed E-state index contributed by atoms with van der Waals surface area (Å²) in [5.74, 6) is 1.13. The molecule has 2 aromatic rings. The number of para-hydroxylation sites is 1. The molecule has 26 heavy (non-hydrogen) atoms. The van der Waals surface area contributed by atoms with E-state index in [1.54, 1.807) is 0 Å². The van der Waals surface area contributed by atoms with Crippen molar-refractivity contribution < 1.29 is 0 Å². The standard InChI is InChI=1S/C22H26ClN3/c23-19-9-6-7-17(13-19)15-25-21-22(11-4-1-5-12-24-16-22)14-18-8-2-3-10-20(18)26-21/h2-3,6-10,13,24H,1,4-5,11-12,14-16H2,(H,25,26). The Labute approximate surface area is 160 Å². The Kier molecular flexibility index (Phi) is 5.28. The molecule has 0 saturated carbocycles. The van der Waals surface area contributed by atoms with Gasteiger partial charge >= 0.3 is 0 Å². The number of rotatable bonds is 2. The van der Waals surface area contributed by atoms with Gasteiger partial charge in [0.2, 0.25) is 0 Å². The van der Waals surface area contributed by atoms with Gasteiger partial charge in [-0.05, 0) is 55.1 Å². The first kappa shape index (κ1) is 17.6. The van der Waals surface area contributed by atoms with Crippen LogP contribution in [0, 0.1) is 5.41 Å². The minimum atomic E-state index is 0.0628. The van der Waals surface area contributed by atoms with Gasteiger partial charge in [0.1, 0.15) is 5.84 Å². The molecule has 2 aliphatic heterocycles. The normalized spacial score (nSPS) is 24.6. The van der Waals surface area contributed by atoms with Crippen molar-refractivity contribution in [2.24, 2.45) is 10.4 Å². The minimum absolute atomic E-state index is 0.0628. The fourth-order valence-electron chi connectivity index (χ4n) is 4.18. The Bertz CT molecular complexity index is 791. The van der Waals surface area contributed by atoms with Crippen LogP contribution in [-0.4, -0.2) is 18.9 Å². The van der Waals surface area contributed by atoms with Crippen LogP contribution in [0.5, 0.6) is 0 Å². The number of hydrogen-bond donors (Lipinski definition) is 2. The number of halogens is 1. The zero-order valence-corrected chi connectivity index (χ0v) is 15.9. The summed E-state index contributed by atoms with van der Waals surface area (Å²) in [6.45, 7) is 2.75. The number of nitrogens with zero attached hydrogens (tertiary/aromatic N) is 1. The van der Waals surface area contributed by atoms with Crippen molar-refractivity contribution in [3.05, 3.63) is 64.7 Å². The number of amidine groups is 1. The van der Waals surface area contributed by atoms with E-state index in [2.05, 4.69) is 41.0 Å². The van der Waals surface area contributed by atoms with Crippen LogP contribution < -0.4 is 10.6 Å². The lowest BCUT2D eigenvalue weighted by Gasteiger charge is -2.41. The van der Waals surface area contributed by atoms with Gasteiger partial charge in [0.15, 0.2) is 0 Å². The van der Waals surface area contributed by atoms with Gasteiger partial charge in [0.05, 0.1) is 6.54 Å². The molecule has 2 N–H and O–H groups in total. The number of hydrogen-bond acceptors (Lipinski definition) is 2. The summed E-state index contributed by atoms with van der Waals surface area (Å²) in [5.41, 5.74) is 3.81. The summed E-state index contributed by atoms with van der Waals surface area (Å²) in [6.07, 6.45) is 6.06. The second kappa shape index (κ2) is 7.81. The lowest BCUT2D eigenvalue weighted by Crippen LogP contribution is -2.49. The van der Waals surface area contributed by atoms with Gasteiger partial charge in [0.25, 0.3) is 0 Å². The summed E-state index contributed by atoms with van der Waals surface area (Å²) in [4.78, 5) is 5.05. The van der Waals surface area contributed by atoms with E-state index in [0.29, 0.717) is 6.54 Å². The number of nitrogens with one attached hydrogen (secondary N) is 2. The van der Waals surface area contributed by atoms with Crippen LogP contribution in [0.15, 0.2) is 53.5 Å². The largest absolute Gasteiger partial charge is 0.343 e. The fraction of sp³-hybridized carbons (Fsp3) is 0.409. The first-order valence-electron chi connectivity index (χ1n) is 9.60. The second-order valence-electron chi connectivity index (χ2n) is 7.52. The molecule has 1 atom stereocenters. The van der Waals surface area contributed by atoms with E-state index in [0.717, 1.165) is 35.9 Å². The molecule has 0 radical (unpaired) electrons. The molecule has 2 aliphatic rings. The Morgan fingerprint density at radius 1 is 1.04 bits per heavy atom. The molecule has 1 fully saturated rings. The second-order valence-corrected chi connectivity index (χ2v) is 7.96. The van der Waals surface area contributed by atoms with Crippen molar-refractivity contribution in [3.8, 4) is 0 Å². The van der Waals surface area contributed by atoms with Crippen molar-refractivity contribution in [2.75, 3.05) is 18.4 Å². The zero-order valence-electron chi connectivity index (χ0n) is 15.1. The third-order valence-corrected chi connectivity index (χ3v) is 5.82. The highest BCUT2D eigenvalue weighted by Crippen LogP contribution is 2.39. The molecule has 1 saturated heterocycles.